The Labute approximate surface area is 171 Å². The number of hydrogen-bond acceptors (Lipinski definition) is 7. The van der Waals surface area contributed by atoms with Crippen LogP contribution < -0.4 is 10.9 Å². The molecule has 0 aliphatic heterocycles. The molecule has 2 aromatic heterocycles. The summed E-state index contributed by atoms with van der Waals surface area (Å²) in [5, 5.41) is 7.82. The van der Waals surface area contributed by atoms with Crippen molar-refractivity contribution in [3.05, 3.63) is 57.0 Å². The molecule has 152 valence electrons. The molecule has 8 nitrogen and oxygen atoms in total. The normalized spacial score (nSPS) is 10.8. The molecule has 0 bridgehead atoms. The van der Waals surface area contributed by atoms with Gasteiger partial charge in [0.15, 0.2) is 0 Å². The Morgan fingerprint density at radius 3 is 2.79 bits per heavy atom. The van der Waals surface area contributed by atoms with Crippen molar-refractivity contribution in [3.8, 4) is 0 Å². The fourth-order valence-corrected chi connectivity index (χ4v) is 3.58. The zero-order valence-corrected chi connectivity index (χ0v) is 17.1. The minimum absolute atomic E-state index is 0.150. The third kappa shape index (κ3) is 5.05. The first kappa shape index (κ1) is 20.7. The Morgan fingerprint density at radius 2 is 2.03 bits per heavy atom. The quantitative estimate of drug-likeness (QED) is 0.568. The molecule has 0 radical (unpaired) electrons. The first-order chi connectivity index (χ1) is 14.0. The molecule has 0 unspecified atom stereocenters. The van der Waals surface area contributed by atoms with Crippen molar-refractivity contribution in [3.63, 3.8) is 0 Å². The maximum absolute atomic E-state index is 12.5. The minimum atomic E-state index is -0.605. The van der Waals surface area contributed by atoms with Gasteiger partial charge < -0.3 is 10.1 Å². The molecule has 0 aliphatic carbocycles. The summed E-state index contributed by atoms with van der Waals surface area (Å²) >= 11 is 1.36. The summed E-state index contributed by atoms with van der Waals surface area (Å²) in [5.74, 6) is -0.804. The van der Waals surface area contributed by atoms with Crippen molar-refractivity contribution in [2.45, 2.75) is 46.1 Å². The molecule has 3 aromatic rings. The summed E-state index contributed by atoms with van der Waals surface area (Å²) in [6.45, 7) is 3.67. The number of aryl methyl sites for hydroxylation is 1. The van der Waals surface area contributed by atoms with Gasteiger partial charge in [-0.15, -0.1) is 0 Å². The van der Waals surface area contributed by atoms with Crippen LogP contribution in [0, 0.1) is 0 Å². The van der Waals surface area contributed by atoms with Crippen LogP contribution in [0.3, 0.4) is 0 Å². The molecule has 1 N–H and O–H groups in total. The lowest BCUT2D eigenvalue weighted by molar-refractivity contribution is -0.115. The number of fused-ring (bicyclic) bond motifs is 1. The number of carbonyl (C=O) groups excluding carboxylic acids is 2. The largest absolute Gasteiger partial charge is 0.456 e. The van der Waals surface area contributed by atoms with Gasteiger partial charge in [0.2, 0.25) is 10.9 Å². The zero-order valence-electron chi connectivity index (χ0n) is 16.3. The van der Waals surface area contributed by atoms with E-state index in [9.17, 15) is 14.4 Å². The van der Waals surface area contributed by atoms with E-state index >= 15 is 0 Å². The van der Waals surface area contributed by atoms with Gasteiger partial charge >= 0.3 is 5.97 Å². The summed E-state index contributed by atoms with van der Waals surface area (Å²) in [4.78, 5) is 41.3. The van der Waals surface area contributed by atoms with Crippen molar-refractivity contribution in [1.29, 1.82) is 0 Å². The van der Waals surface area contributed by atoms with Gasteiger partial charge in [-0.05, 0) is 18.6 Å². The van der Waals surface area contributed by atoms with Crippen molar-refractivity contribution in [2.24, 2.45) is 0 Å². The lowest BCUT2D eigenvalue weighted by atomic mass is 10.1. The van der Waals surface area contributed by atoms with Crippen LogP contribution in [0.4, 0.5) is 5.69 Å². The second-order valence-electron chi connectivity index (χ2n) is 6.40. The highest BCUT2D eigenvalue weighted by atomic mass is 32.1. The van der Waals surface area contributed by atoms with Crippen molar-refractivity contribution >= 4 is 33.9 Å². The number of hydrogen-bond donors (Lipinski definition) is 1. The molecule has 1 aromatic carbocycles. The highest BCUT2D eigenvalue weighted by Gasteiger charge is 2.15. The third-order valence-corrected chi connectivity index (χ3v) is 5.15. The Bertz CT molecular complexity index is 1090. The van der Waals surface area contributed by atoms with Crippen LogP contribution >= 0.6 is 11.3 Å². The Kier molecular flexibility index (Phi) is 6.71. The topological polar surface area (TPSA) is 103 Å². The molecule has 0 atom stereocenters. The summed E-state index contributed by atoms with van der Waals surface area (Å²) in [6, 6.07) is 7.93. The number of carbonyl (C=O) groups is 2. The number of para-hydroxylation sites is 1. The lowest BCUT2D eigenvalue weighted by Crippen LogP contribution is -2.17. The summed E-state index contributed by atoms with van der Waals surface area (Å²) < 4.78 is 6.60. The number of esters is 1. The van der Waals surface area contributed by atoms with Gasteiger partial charge in [-0.1, -0.05) is 43.7 Å². The SMILES string of the molecule is CCCCc1nn2c(=O)cc(COC(=O)c3ccccc3NC(=O)CC)nc2s1. The standard InChI is InChI=1S/C20H22N4O4S/c1-3-5-10-17-23-24-18(26)11-13(21-20(24)29-17)12-28-19(27)14-8-6-7-9-15(14)22-16(25)4-2/h6-9,11H,3-5,10,12H2,1-2H3,(H,22,25). The van der Waals surface area contributed by atoms with Crippen LogP contribution in [0.5, 0.6) is 0 Å². The second-order valence-corrected chi connectivity index (χ2v) is 7.44. The number of ether oxygens (including phenoxy) is 1. The first-order valence-electron chi connectivity index (χ1n) is 9.46. The molecule has 9 heteroatoms. The summed E-state index contributed by atoms with van der Waals surface area (Å²) in [7, 11) is 0. The van der Waals surface area contributed by atoms with E-state index in [1.54, 1.807) is 31.2 Å². The van der Waals surface area contributed by atoms with Crippen LogP contribution in [0.25, 0.3) is 4.96 Å². The van der Waals surface area contributed by atoms with E-state index in [2.05, 4.69) is 22.3 Å². The van der Waals surface area contributed by atoms with E-state index < -0.39 is 5.97 Å². The van der Waals surface area contributed by atoms with Crippen molar-refractivity contribution in [2.75, 3.05) is 5.32 Å². The van der Waals surface area contributed by atoms with Crippen LogP contribution in [0.2, 0.25) is 0 Å². The van der Waals surface area contributed by atoms with Gasteiger partial charge in [0.25, 0.3) is 5.56 Å². The Balaban J connectivity index is 1.74. The first-order valence-corrected chi connectivity index (χ1v) is 10.3. The van der Waals surface area contributed by atoms with Crippen molar-refractivity contribution in [1.82, 2.24) is 14.6 Å². The predicted octanol–water partition coefficient (Wildman–Crippen LogP) is 3.20. The van der Waals surface area contributed by atoms with Gasteiger partial charge in [-0.3, -0.25) is 9.59 Å². The van der Waals surface area contributed by atoms with E-state index in [0.717, 1.165) is 24.3 Å². The number of aromatic nitrogens is 3. The monoisotopic (exact) mass is 414 g/mol. The smallest absolute Gasteiger partial charge is 0.340 e. The summed E-state index contributed by atoms with van der Waals surface area (Å²) in [5.41, 5.74) is 0.669. The fraction of sp³-hybridized carbons (Fsp3) is 0.350. The van der Waals surface area contributed by atoms with E-state index in [-0.39, 0.29) is 23.6 Å². The molecule has 0 saturated carbocycles. The molecule has 1 amide bonds. The Hall–Kier alpha value is -3.07. The highest BCUT2D eigenvalue weighted by Crippen LogP contribution is 2.18. The second kappa shape index (κ2) is 9.42. The lowest BCUT2D eigenvalue weighted by Gasteiger charge is -2.10. The van der Waals surface area contributed by atoms with E-state index in [4.69, 9.17) is 4.74 Å². The fourth-order valence-electron chi connectivity index (χ4n) is 2.62. The van der Waals surface area contributed by atoms with Crippen LogP contribution in [-0.4, -0.2) is 26.5 Å². The van der Waals surface area contributed by atoms with Gasteiger partial charge in [0.05, 0.1) is 16.9 Å². The van der Waals surface area contributed by atoms with E-state index in [1.807, 2.05) is 0 Å². The number of nitrogens with zero attached hydrogens (tertiary/aromatic N) is 3. The number of anilines is 1. The zero-order chi connectivity index (χ0) is 20.8. The van der Waals surface area contributed by atoms with Crippen molar-refractivity contribution < 1.29 is 14.3 Å². The van der Waals surface area contributed by atoms with Crippen LogP contribution in [0.15, 0.2) is 35.1 Å². The van der Waals surface area contributed by atoms with Crippen LogP contribution in [-0.2, 0) is 22.6 Å². The molecular formula is C20H22N4O4S. The van der Waals surface area contributed by atoms with Gasteiger partial charge in [-0.25, -0.2) is 9.78 Å². The number of rotatable bonds is 8. The average molecular weight is 414 g/mol. The number of amides is 1. The molecular weight excluding hydrogens is 392 g/mol. The van der Waals surface area contributed by atoms with Crippen LogP contribution in [0.1, 0.15) is 54.2 Å². The molecule has 29 heavy (non-hydrogen) atoms. The number of unbranched alkanes of at least 4 members (excludes halogenated alkanes) is 1. The third-order valence-electron chi connectivity index (χ3n) is 4.18. The molecule has 0 saturated heterocycles. The maximum Gasteiger partial charge on any atom is 0.340 e. The molecule has 2 heterocycles. The molecule has 3 rings (SSSR count). The van der Waals surface area contributed by atoms with E-state index in [0.29, 0.717) is 22.8 Å². The molecule has 0 spiro atoms. The molecule has 0 aliphatic rings. The van der Waals surface area contributed by atoms with Gasteiger partial charge in [0.1, 0.15) is 11.6 Å². The van der Waals surface area contributed by atoms with E-state index in [1.165, 1.54) is 21.9 Å². The summed E-state index contributed by atoms with van der Waals surface area (Å²) in [6.07, 6.45) is 3.13. The van der Waals surface area contributed by atoms with Gasteiger partial charge in [-0.2, -0.15) is 9.61 Å². The molecule has 0 fully saturated rings. The average Bonchev–Trinajstić information content (AvgIpc) is 3.14. The number of benzene rings is 1. The Morgan fingerprint density at radius 1 is 1.24 bits per heavy atom. The minimum Gasteiger partial charge on any atom is -0.456 e. The predicted molar refractivity (Wildman–Crippen MR) is 110 cm³/mol. The number of nitrogens with one attached hydrogen (secondary N) is 1. The highest BCUT2D eigenvalue weighted by molar-refractivity contribution is 7.16. The maximum atomic E-state index is 12.5. The van der Waals surface area contributed by atoms with Gasteiger partial charge in [0, 0.05) is 18.9 Å².